The van der Waals surface area contributed by atoms with Crippen molar-refractivity contribution >= 4 is 17.9 Å². The third-order valence-corrected chi connectivity index (χ3v) is 5.93. The number of terminal acetylenes is 1. The Bertz CT molecular complexity index is 996. The summed E-state index contributed by atoms with van der Waals surface area (Å²) in [6.45, 7) is 20.9. The minimum absolute atomic E-state index is 0.260. The number of carbonyl (C=O) groups is 3. The van der Waals surface area contributed by atoms with Gasteiger partial charge in [-0.3, -0.25) is 9.59 Å². The summed E-state index contributed by atoms with van der Waals surface area (Å²) in [5.41, 5.74) is -0.152. The lowest BCUT2D eigenvalue weighted by atomic mass is 9.92. The summed E-state index contributed by atoms with van der Waals surface area (Å²) >= 11 is 0. The number of alkyl carbamates (subject to hydrolysis) is 1. The van der Waals surface area contributed by atoms with E-state index >= 15 is 0 Å². The van der Waals surface area contributed by atoms with Gasteiger partial charge in [-0.05, 0) is 84.8 Å². The third kappa shape index (κ3) is 10.4. The quantitative estimate of drug-likeness (QED) is 0.375. The zero-order valence-corrected chi connectivity index (χ0v) is 25.3. The number of amides is 3. The molecule has 0 saturated carbocycles. The van der Waals surface area contributed by atoms with Crippen LogP contribution in [-0.2, 0) is 14.3 Å². The summed E-state index contributed by atoms with van der Waals surface area (Å²) in [4.78, 5) is 42.7. The van der Waals surface area contributed by atoms with Crippen LogP contribution in [0.3, 0.4) is 0 Å². The van der Waals surface area contributed by atoms with Gasteiger partial charge in [-0.2, -0.15) is 0 Å². The van der Waals surface area contributed by atoms with E-state index < -0.39 is 29.3 Å². The van der Waals surface area contributed by atoms with Gasteiger partial charge in [0.1, 0.15) is 17.7 Å². The van der Waals surface area contributed by atoms with E-state index in [4.69, 9.17) is 11.2 Å². The van der Waals surface area contributed by atoms with Crippen LogP contribution < -0.4 is 10.6 Å². The smallest absolute Gasteiger partial charge is 0.408 e. The molecule has 2 N–H and O–H groups in total. The summed E-state index contributed by atoms with van der Waals surface area (Å²) in [6, 6.07) is 4.98. The van der Waals surface area contributed by atoms with Crippen LogP contribution in [0.5, 0.6) is 0 Å². The van der Waals surface area contributed by atoms with Gasteiger partial charge in [0, 0.05) is 17.1 Å². The second-order valence-electron chi connectivity index (χ2n) is 12.8. The van der Waals surface area contributed by atoms with Gasteiger partial charge in [0.05, 0.1) is 0 Å². The van der Waals surface area contributed by atoms with Crippen LogP contribution in [0, 0.1) is 24.2 Å². The highest BCUT2D eigenvalue weighted by molar-refractivity contribution is 5.93. The molecule has 7 nitrogen and oxygen atoms in total. The van der Waals surface area contributed by atoms with E-state index in [0.29, 0.717) is 23.5 Å². The van der Waals surface area contributed by atoms with Crippen LogP contribution in [0.2, 0.25) is 0 Å². The molecule has 1 aromatic rings. The second kappa shape index (κ2) is 13.7. The first-order valence-corrected chi connectivity index (χ1v) is 13.6. The van der Waals surface area contributed by atoms with Gasteiger partial charge >= 0.3 is 6.09 Å². The maximum absolute atomic E-state index is 14.4. The zero-order valence-electron chi connectivity index (χ0n) is 25.3. The van der Waals surface area contributed by atoms with E-state index in [-0.39, 0.29) is 23.8 Å². The highest BCUT2D eigenvalue weighted by atomic mass is 16.6. The van der Waals surface area contributed by atoms with Crippen molar-refractivity contribution in [3.63, 3.8) is 0 Å². The standard InChI is InChI=1S/C31H49N3O4/c1-13-23-16-14-15-17-24(23)26(27(35)33-30(7,8)9)34(22(6)19-18-20(2)3)28(36)25(21(4)5)32-29(37)38-31(10,11)12/h1,14-17,20-22,25-26H,18-19H2,2-12H3,(H,32,37)(H,33,35). The van der Waals surface area contributed by atoms with E-state index in [1.807, 2.05) is 53.7 Å². The van der Waals surface area contributed by atoms with Crippen molar-refractivity contribution in [2.24, 2.45) is 11.8 Å². The molecule has 3 unspecified atom stereocenters. The summed E-state index contributed by atoms with van der Waals surface area (Å²) in [7, 11) is 0. The molecule has 0 saturated heterocycles. The Balaban J connectivity index is 3.73. The number of hydrogen-bond acceptors (Lipinski definition) is 4. The molecule has 0 fully saturated rings. The predicted molar refractivity (Wildman–Crippen MR) is 153 cm³/mol. The Morgan fingerprint density at radius 3 is 2.03 bits per heavy atom. The number of carbonyl (C=O) groups excluding carboxylic acids is 3. The van der Waals surface area contributed by atoms with Crippen LogP contribution in [0.4, 0.5) is 4.79 Å². The van der Waals surface area contributed by atoms with E-state index in [1.165, 1.54) is 0 Å². The summed E-state index contributed by atoms with van der Waals surface area (Å²) < 4.78 is 5.46. The highest BCUT2D eigenvalue weighted by Crippen LogP contribution is 2.31. The number of hydrogen-bond donors (Lipinski definition) is 2. The average Bonchev–Trinajstić information content (AvgIpc) is 2.76. The fourth-order valence-electron chi connectivity index (χ4n) is 4.14. The van der Waals surface area contributed by atoms with E-state index in [2.05, 4.69) is 30.4 Å². The minimum Gasteiger partial charge on any atom is -0.444 e. The van der Waals surface area contributed by atoms with Crippen molar-refractivity contribution in [1.29, 1.82) is 0 Å². The lowest BCUT2D eigenvalue weighted by molar-refractivity contribution is -0.146. The van der Waals surface area contributed by atoms with Crippen LogP contribution in [0.25, 0.3) is 0 Å². The molecule has 0 spiro atoms. The van der Waals surface area contributed by atoms with Gasteiger partial charge in [-0.25, -0.2) is 4.79 Å². The molecule has 0 heterocycles. The maximum Gasteiger partial charge on any atom is 0.408 e. The van der Waals surface area contributed by atoms with Crippen LogP contribution >= 0.6 is 0 Å². The summed E-state index contributed by atoms with van der Waals surface area (Å²) in [5.74, 6) is 2.14. The first kappa shape index (κ1) is 33.0. The van der Waals surface area contributed by atoms with Gasteiger partial charge in [-0.15, -0.1) is 6.42 Å². The molecule has 7 heteroatoms. The average molecular weight is 528 g/mol. The molecule has 3 atom stereocenters. The Kier molecular flexibility index (Phi) is 11.9. The van der Waals surface area contributed by atoms with Gasteiger partial charge in [-0.1, -0.05) is 51.8 Å². The number of ether oxygens (including phenoxy) is 1. The monoisotopic (exact) mass is 527 g/mol. The van der Waals surface area contributed by atoms with E-state index in [1.54, 1.807) is 37.8 Å². The normalized spacial score (nSPS) is 14.3. The van der Waals surface area contributed by atoms with Crippen LogP contribution in [0.1, 0.15) is 106 Å². The van der Waals surface area contributed by atoms with Gasteiger partial charge in [0.2, 0.25) is 11.8 Å². The molecular formula is C31H49N3O4. The molecule has 1 rings (SSSR count). The summed E-state index contributed by atoms with van der Waals surface area (Å²) in [5, 5.41) is 5.82. The largest absolute Gasteiger partial charge is 0.444 e. The fourth-order valence-corrected chi connectivity index (χ4v) is 4.14. The Morgan fingerprint density at radius 2 is 1.55 bits per heavy atom. The second-order valence-corrected chi connectivity index (χ2v) is 12.8. The maximum atomic E-state index is 14.4. The molecule has 0 aliphatic carbocycles. The minimum atomic E-state index is -0.988. The molecule has 3 amide bonds. The highest BCUT2D eigenvalue weighted by Gasteiger charge is 2.41. The van der Waals surface area contributed by atoms with Gasteiger partial charge in [0.25, 0.3) is 0 Å². The van der Waals surface area contributed by atoms with E-state index in [0.717, 1.165) is 6.42 Å². The molecule has 38 heavy (non-hydrogen) atoms. The summed E-state index contributed by atoms with van der Waals surface area (Å²) in [6.07, 6.45) is 6.70. The van der Waals surface area contributed by atoms with Crippen molar-refractivity contribution in [3.8, 4) is 12.3 Å². The fraction of sp³-hybridized carbons (Fsp3) is 0.645. The van der Waals surface area contributed by atoms with Crippen molar-refractivity contribution in [3.05, 3.63) is 35.4 Å². The Morgan fingerprint density at radius 1 is 0.974 bits per heavy atom. The molecule has 212 valence electrons. The lowest BCUT2D eigenvalue weighted by Crippen LogP contribution is -2.58. The molecular weight excluding hydrogens is 478 g/mol. The lowest BCUT2D eigenvalue weighted by Gasteiger charge is -2.40. The van der Waals surface area contributed by atoms with Gasteiger partial charge < -0.3 is 20.3 Å². The Labute approximate surface area is 230 Å². The number of nitrogens with zero attached hydrogens (tertiary/aromatic N) is 1. The molecule has 0 aromatic heterocycles. The molecule has 0 radical (unpaired) electrons. The molecule has 0 aliphatic heterocycles. The van der Waals surface area contributed by atoms with Crippen LogP contribution in [0.15, 0.2) is 24.3 Å². The van der Waals surface area contributed by atoms with Gasteiger partial charge in [0.15, 0.2) is 0 Å². The molecule has 0 aliphatic rings. The first-order chi connectivity index (χ1) is 17.4. The molecule has 0 bridgehead atoms. The topological polar surface area (TPSA) is 87.7 Å². The Hall–Kier alpha value is -3.01. The van der Waals surface area contributed by atoms with Crippen molar-refractivity contribution in [2.75, 3.05) is 0 Å². The third-order valence-electron chi connectivity index (χ3n) is 5.93. The number of nitrogens with one attached hydrogen (secondary N) is 2. The molecule has 1 aromatic carbocycles. The number of rotatable bonds is 10. The number of benzene rings is 1. The van der Waals surface area contributed by atoms with Crippen molar-refractivity contribution < 1.29 is 19.1 Å². The van der Waals surface area contributed by atoms with Crippen molar-refractivity contribution in [2.45, 2.75) is 118 Å². The van der Waals surface area contributed by atoms with Crippen molar-refractivity contribution in [1.82, 2.24) is 15.5 Å². The van der Waals surface area contributed by atoms with Crippen LogP contribution in [-0.4, -0.2) is 46.0 Å². The predicted octanol–water partition coefficient (Wildman–Crippen LogP) is 5.83. The SMILES string of the molecule is C#Cc1ccccc1C(C(=O)NC(C)(C)C)N(C(=O)C(NC(=O)OC(C)(C)C)C(C)C)C(C)CCC(C)C. The van der Waals surface area contributed by atoms with E-state index in [9.17, 15) is 14.4 Å². The first-order valence-electron chi connectivity index (χ1n) is 13.6. The zero-order chi connectivity index (χ0) is 29.4.